The minimum absolute atomic E-state index is 0.174. The summed E-state index contributed by atoms with van der Waals surface area (Å²) in [5.41, 5.74) is 2.76. The van der Waals surface area contributed by atoms with Gasteiger partial charge in [0.15, 0.2) is 5.11 Å². The Hall–Kier alpha value is -2.93. The number of rotatable bonds is 3. The molecule has 116 valence electrons. The zero-order chi connectivity index (χ0) is 16.4. The van der Waals surface area contributed by atoms with Gasteiger partial charge in [0.25, 0.3) is 0 Å². The van der Waals surface area contributed by atoms with Crippen molar-refractivity contribution < 1.29 is 9.90 Å². The Balaban J connectivity index is 1.88. The zero-order valence-electron chi connectivity index (χ0n) is 12.3. The Bertz CT molecular complexity index is 890. The first kappa shape index (κ1) is 15.0. The molecule has 6 nitrogen and oxygen atoms in total. The van der Waals surface area contributed by atoms with Gasteiger partial charge in [0.1, 0.15) is 0 Å². The van der Waals surface area contributed by atoms with E-state index >= 15 is 0 Å². The van der Waals surface area contributed by atoms with Crippen LogP contribution in [0.2, 0.25) is 0 Å². The highest BCUT2D eigenvalue weighted by Crippen LogP contribution is 2.23. The summed E-state index contributed by atoms with van der Waals surface area (Å²) in [7, 11) is 1.76. The highest BCUT2D eigenvalue weighted by Gasteiger charge is 2.14. The summed E-state index contributed by atoms with van der Waals surface area (Å²) in [5, 5.41) is 15.8. The summed E-state index contributed by atoms with van der Waals surface area (Å²) in [5.74, 6) is -1.01. The van der Waals surface area contributed by atoms with Crippen molar-refractivity contribution >= 4 is 45.7 Å². The van der Waals surface area contributed by atoms with E-state index in [-0.39, 0.29) is 5.56 Å². The van der Waals surface area contributed by atoms with E-state index in [0.29, 0.717) is 21.8 Å². The van der Waals surface area contributed by atoms with Crippen LogP contribution in [0.4, 0.5) is 11.4 Å². The smallest absolute Gasteiger partial charge is 0.337 e. The van der Waals surface area contributed by atoms with E-state index in [2.05, 4.69) is 15.6 Å². The number of carbonyl (C=O) groups is 1. The molecule has 0 spiro atoms. The Morgan fingerprint density at radius 3 is 2.57 bits per heavy atom. The fourth-order valence-electron chi connectivity index (χ4n) is 2.34. The van der Waals surface area contributed by atoms with Crippen molar-refractivity contribution in [2.24, 2.45) is 7.05 Å². The van der Waals surface area contributed by atoms with Gasteiger partial charge in [0.05, 0.1) is 22.9 Å². The molecule has 0 aliphatic carbocycles. The Morgan fingerprint density at radius 2 is 1.87 bits per heavy atom. The second-order valence-electron chi connectivity index (χ2n) is 5.00. The lowest BCUT2D eigenvalue weighted by molar-refractivity contribution is 0.0698. The lowest BCUT2D eigenvalue weighted by Gasteiger charge is -2.11. The Kier molecular flexibility index (Phi) is 3.94. The molecule has 0 bridgehead atoms. The van der Waals surface area contributed by atoms with Crippen LogP contribution in [-0.2, 0) is 7.05 Å². The lowest BCUT2D eigenvalue weighted by Crippen LogP contribution is -2.19. The molecule has 7 heteroatoms. The number of anilines is 2. The van der Waals surface area contributed by atoms with E-state index in [9.17, 15) is 9.90 Å². The van der Waals surface area contributed by atoms with Gasteiger partial charge in [-0.1, -0.05) is 18.2 Å². The predicted octanol–water partition coefficient (Wildman–Crippen LogP) is 3.08. The van der Waals surface area contributed by atoms with Crippen LogP contribution >= 0.6 is 12.2 Å². The number of imidazole rings is 1. The maximum atomic E-state index is 11.5. The molecule has 0 saturated carbocycles. The normalized spacial score (nSPS) is 10.5. The summed E-state index contributed by atoms with van der Waals surface area (Å²) < 4.78 is 1.68. The van der Waals surface area contributed by atoms with Gasteiger partial charge in [-0.05, 0) is 36.5 Å². The fraction of sp³-hybridized carbons (Fsp3) is 0.0625. The van der Waals surface area contributed by atoms with Crippen LogP contribution in [-0.4, -0.2) is 25.7 Å². The Morgan fingerprint density at radius 1 is 1.17 bits per heavy atom. The number of carboxylic acid groups (broad SMARTS) is 1. The van der Waals surface area contributed by atoms with Crippen LogP contribution < -0.4 is 10.6 Å². The van der Waals surface area contributed by atoms with Crippen LogP contribution in [0.15, 0.2) is 48.8 Å². The maximum Gasteiger partial charge on any atom is 0.337 e. The van der Waals surface area contributed by atoms with Gasteiger partial charge >= 0.3 is 5.97 Å². The van der Waals surface area contributed by atoms with Gasteiger partial charge in [-0.2, -0.15) is 0 Å². The number of aromatic nitrogens is 2. The minimum atomic E-state index is -1.01. The van der Waals surface area contributed by atoms with E-state index in [1.165, 1.54) is 0 Å². The second-order valence-corrected chi connectivity index (χ2v) is 5.41. The summed E-state index contributed by atoms with van der Waals surface area (Å²) >= 11 is 5.26. The lowest BCUT2D eigenvalue weighted by atomic mass is 10.1. The summed E-state index contributed by atoms with van der Waals surface area (Å²) in [6, 6.07) is 12.8. The van der Waals surface area contributed by atoms with Crippen LogP contribution in [0.1, 0.15) is 10.4 Å². The molecule has 1 aromatic heterocycles. The quantitative estimate of drug-likeness (QED) is 0.642. The van der Waals surface area contributed by atoms with Gasteiger partial charge in [0.2, 0.25) is 0 Å². The third-order valence-corrected chi connectivity index (χ3v) is 3.54. The molecular weight excluding hydrogens is 312 g/mol. The topological polar surface area (TPSA) is 79.2 Å². The fourth-order valence-corrected chi connectivity index (χ4v) is 2.58. The van der Waals surface area contributed by atoms with Crippen molar-refractivity contribution in [3.05, 3.63) is 54.4 Å². The van der Waals surface area contributed by atoms with Crippen LogP contribution in [0, 0.1) is 0 Å². The molecule has 0 radical (unpaired) electrons. The molecular formula is C16H14N4O2S. The number of hydrogen-bond donors (Lipinski definition) is 3. The molecule has 3 N–H and O–H groups in total. The number of aromatic carboxylic acids is 1. The molecule has 0 aliphatic rings. The van der Waals surface area contributed by atoms with Crippen molar-refractivity contribution in [1.29, 1.82) is 0 Å². The minimum Gasteiger partial charge on any atom is -0.478 e. The monoisotopic (exact) mass is 326 g/mol. The Labute approximate surface area is 137 Å². The van der Waals surface area contributed by atoms with E-state index in [0.717, 1.165) is 5.69 Å². The van der Waals surface area contributed by atoms with Gasteiger partial charge in [0, 0.05) is 18.4 Å². The van der Waals surface area contributed by atoms with Gasteiger partial charge in [-0.25, -0.2) is 9.78 Å². The molecule has 3 aromatic rings. The number of carboxylic acids is 1. The third kappa shape index (κ3) is 3.14. The summed E-state index contributed by atoms with van der Waals surface area (Å²) in [6.45, 7) is 0. The molecule has 0 aliphatic heterocycles. The number of aryl methyl sites for hydroxylation is 1. The number of nitrogens with zero attached hydrogens (tertiary/aromatic N) is 2. The first-order valence-corrected chi connectivity index (χ1v) is 7.27. The largest absolute Gasteiger partial charge is 0.478 e. The van der Waals surface area contributed by atoms with Crippen molar-refractivity contribution in [2.45, 2.75) is 0 Å². The van der Waals surface area contributed by atoms with Crippen molar-refractivity contribution in [2.75, 3.05) is 10.6 Å². The molecule has 3 rings (SSSR count). The first-order chi connectivity index (χ1) is 11.0. The molecule has 0 amide bonds. The number of nitrogens with one attached hydrogen (secondary N) is 2. The first-order valence-electron chi connectivity index (χ1n) is 6.86. The number of fused-ring (bicyclic) bond motifs is 1. The molecule has 0 atom stereocenters. The van der Waals surface area contributed by atoms with Crippen molar-refractivity contribution in [1.82, 2.24) is 9.55 Å². The average Bonchev–Trinajstić information content (AvgIpc) is 2.88. The SMILES string of the molecule is Cn1cnc2cc(NC(=S)Nc3ccccc3)cc(C(=O)O)c21. The van der Waals surface area contributed by atoms with Crippen molar-refractivity contribution in [3.63, 3.8) is 0 Å². The molecule has 0 saturated heterocycles. The standard InChI is InChI=1S/C16H14N4O2S/c1-20-9-17-13-8-11(7-12(14(13)20)15(21)22)19-16(23)18-10-5-3-2-4-6-10/h2-9H,1H3,(H,21,22)(H2,18,19,23). The third-order valence-electron chi connectivity index (χ3n) is 3.33. The molecule has 0 fully saturated rings. The highest BCUT2D eigenvalue weighted by molar-refractivity contribution is 7.80. The van der Waals surface area contributed by atoms with E-state index in [4.69, 9.17) is 12.2 Å². The molecule has 2 aromatic carbocycles. The molecule has 1 heterocycles. The second kappa shape index (κ2) is 6.05. The predicted molar refractivity (Wildman–Crippen MR) is 94.0 cm³/mol. The number of para-hydroxylation sites is 1. The number of benzene rings is 2. The van der Waals surface area contributed by atoms with Gasteiger partial charge in [-0.15, -0.1) is 0 Å². The molecule has 0 unspecified atom stereocenters. The van der Waals surface area contributed by atoms with E-state index < -0.39 is 5.97 Å². The average molecular weight is 326 g/mol. The summed E-state index contributed by atoms with van der Waals surface area (Å²) in [6.07, 6.45) is 1.58. The van der Waals surface area contributed by atoms with Crippen molar-refractivity contribution in [3.8, 4) is 0 Å². The van der Waals surface area contributed by atoms with Gasteiger partial charge < -0.3 is 20.3 Å². The van der Waals surface area contributed by atoms with E-state index in [1.807, 2.05) is 30.3 Å². The van der Waals surface area contributed by atoms with Gasteiger partial charge in [-0.3, -0.25) is 0 Å². The molecule has 23 heavy (non-hydrogen) atoms. The zero-order valence-corrected chi connectivity index (χ0v) is 13.1. The maximum absolute atomic E-state index is 11.5. The van der Waals surface area contributed by atoms with E-state index in [1.54, 1.807) is 30.1 Å². The van der Waals surface area contributed by atoms with Crippen LogP contribution in [0.3, 0.4) is 0 Å². The summed E-state index contributed by atoms with van der Waals surface area (Å²) in [4.78, 5) is 15.7. The van der Waals surface area contributed by atoms with Crippen LogP contribution in [0.5, 0.6) is 0 Å². The van der Waals surface area contributed by atoms with Crippen LogP contribution in [0.25, 0.3) is 11.0 Å². The highest BCUT2D eigenvalue weighted by atomic mass is 32.1. The number of hydrogen-bond acceptors (Lipinski definition) is 3. The number of thiocarbonyl (C=S) groups is 1.